The summed E-state index contributed by atoms with van der Waals surface area (Å²) in [7, 11) is 0. The summed E-state index contributed by atoms with van der Waals surface area (Å²) in [5.41, 5.74) is 3.94. The first kappa shape index (κ1) is 27.3. The highest BCUT2D eigenvalue weighted by atomic mass is 35.5. The van der Waals surface area contributed by atoms with Crippen molar-refractivity contribution in [2.24, 2.45) is 5.73 Å². The van der Waals surface area contributed by atoms with Crippen LogP contribution in [0.1, 0.15) is 26.1 Å². The van der Waals surface area contributed by atoms with Crippen LogP contribution >= 0.6 is 12.4 Å². The molecule has 1 heterocycles. The predicted octanol–water partition coefficient (Wildman–Crippen LogP) is 0.787. The molecule has 0 atom stereocenters. The van der Waals surface area contributed by atoms with E-state index in [1.165, 1.54) is 6.92 Å². The summed E-state index contributed by atoms with van der Waals surface area (Å²) in [6.45, 7) is 1.69. The van der Waals surface area contributed by atoms with Gasteiger partial charge in [-0.1, -0.05) is 0 Å². The lowest BCUT2D eigenvalue weighted by atomic mass is 10.3. The molecule has 1 aromatic heterocycles. The van der Waals surface area contributed by atoms with Gasteiger partial charge in [-0.15, -0.1) is 12.4 Å². The average molecular weight is 387 g/mol. The van der Waals surface area contributed by atoms with Gasteiger partial charge in [0.2, 0.25) is 5.88 Å². The zero-order chi connectivity index (χ0) is 19.1. The predicted molar refractivity (Wildman–Crippen MR) is 88.4 cm³/mol. The molecule has 144 valence electrons. The highest BCUT2D eigenvalue weighted by Gasteiger charge is 2.03. The van der Waals surface area contributed by atoms with Crippen molar-refractivity contribution in [3.05, 3.63) is 22.2 Å². The lowest BCUT2D eigenvalue weighted by molar-refractivity contribution is -0.145. The Morgan fingerprint density at radius 1 is 1.44 bits per heavy atom. The van der Waals surface area contributed by atoms with Gasteiger partial charge < -0.3 is 20.6 Å². The fourth-order valence-corrected chi connectivity index (χ4v) is 0.973. The number of hydrogen-bond acceptors (Lipinski definition) is 7. The number of carbonyl (C=O) groups is 2. The van der Waals surface area contributed by atoms with Gasteiger partial charge in [0.1, 0.15) is 37.2 Å². The van der Waals surface area contributed by atoms with Crippen LogP contribution in [0.5, 0.6) is 5.88 Å². The van der Waals surface area contributed by atoms with Crippen molar-refractivity contribution in [1.82, 2.24) is 9.97 Å². The van der Waals surface area contributed by atoms with Crippen molar-refractivity contribution in [2.75, 3.05) is 13.3 Å². The molecule has 0 aliphatic heterocycles. The number of hydrogen-bond donors (Lipinski definition) is 4. The third-order valence-corrected chi connectivity index (χ3v) is 1.75. The Labute approximate surface area is 148 Å². The van der Waals surface area contributed by atoms with Gasteiger partial charge in [-0.3, -0.25) is 19.8 Å². The van der Waals surface area contributed by atoms with Gasteiger partial charge in [-0.25, -0.2) is 8.78 Å². The number of aromatic amines is 1. The van der Waals surface area contributed by atoms with E-state index in [2.05, 4.69) is 20.4 Å². The van der Waals surface area contributed by atoms with Gasteiger partial charge >= 0.3 is 5.97 Å². The number of ketones is 1. The van der Waals surface area contributed by atoms with Crippen molar-refractivity contribution in [2.45, 2.75) is 26.9 Å². The number of H-pyrrole nitrogens is 1. The Morgan fingerprint density at radius 3 is 2.28 bits per heavy atom. The van der Waals surface area contributed by atoms with E-state index in [1.807, 2.05) is 0 Å². The third-order valence-electron chi connectivity index (χ3n) is 1.75. The molecule has 0 aromatic carbocycles. The number of nitrogens with one attached hydrogen (secondary N) is 2. The van der Waals surface area contributed by atoms with Gasteiger partial charge in [0.25, 0.3) is 5.56 Å². The van der Waals surface area contributed by atoms with E-state index in [9.17, 15) is 23.2 Å². The van der Waals surface area contributed by atoms with Crippen LogP contribution in [0, 0.1) is 5.41 Å². The van der Waals surface area contributed by atoms with Crippen LogP contribution in [-0.2, 0) is 21.0 Å². The molecule has 1 aromatic rings. The number of rotatable bonds is 5. The number of ether oxygens (including phenoxy) is 1. The van der Waals surface area contributed by atoms with Gasteiger partial charge in [-0.05, 0) is 13.8 Å². The van der Waals surface area contributed by atoms with Crippen LogP contribution in [0.4, 0.5) is 8.78 Å². The Hall–Kier alpha value is -2.56. The Bertz CT molecular complexity index is 598. The Kier molecular flexibility index (Phi) is 17.8. The number of aromatic hydroxyl groups is 1. The zero-order valence-electron chi connectivity index (χ0n) is 13.7. The highest BCUT2D eigenvalue weighted by molar-refractivity contribution is 5.94. The lowest BCUT2D eigenvalue weighted by Gasteiger charge is -1.96. The minimum atomic E-state index is -0.885. The van der Waals surface area contributed by atoms with Crippen molar-refractivity contribution < 1.29 is 28.2 Å². The smallest absolute Gasteiger partial charge is 0.313 e. The largest absolute Gasteiger partial charge is 0.493 e. The molecule has 9 nitrogen and oxygen atoms in total. The van der Waals surface area contributed by atoms with Crippen LogP contribution in [0.25, 0.3) is 0 Å². The molecule has 0 spiro atoms. The Balaban J connectivity index is -0.000000301. The number of nitrogens with two attached hydrogens (primary N) is 1. The summed E-state index contributed by atoms with van der Waals surface area (Å²) >= 11 is 0. The van der Waals surface area contributed by atoms with Gasteiger partial charge in [0.05, 0.1) is 12.7 Å². The molecular formula is C13H21ClF2N4O5. The van der Waals surface area contributed by atoms with Crippen molar-refractivity contribution in [3.63, 3.8) is 0 Å². The van der Waals surface area contributed by atoms with Crippen molar-refractivity contribution in [3.8, 4) is 5.88 Å². The summed E-state index contributed by atoms with van der Waals surface area (Å²) in [4.78, 5) is 36.5. The monoisotopic (exact) mass is 386 g/mol. The van der Waals surface area contributed by atoms with Crippen LogP contribution in [0.15, 0.2) is 10.9 Å². The molecule has 0 amide bonds. The maximum atomic E-state index is 11.7. The maximum absolute atomic E-state index is 11.7. The van der Waals surface area contributed by atoms with Crippen molar-refractivity contribution in [1.29, 1.82) is 5.41 Å². The molecule has 0 aliphatic carbocycles. The Morgan fingerprint density at radius 2 is 1.96 bits per heavy atom. The number of esters is 1. The second-order valence-electron chi connectivity index (χ2n) is 4.03. The summed E-state index contributed by atoms with van der Waals surface area (Å²) in [6, 6.07) is 0.874. The number of amidine groups is 1. The average Bonchev–Trinajstić information content (AvgIpc) is 2.46. The van der Waals surface area contributed by atoms with E-state index in [0.717, 1.165) is 6.07 Å². The van der Waals surface area contributed by atoms with Crippen LogP contribution in [-0.4, -0.2) is 45.9 Å². The van der Waals surface area contributed by atoms with E-state index in [4.69, 9.17) is 10.5 Å². The number of alkyl halides is 2. The van der Waals surface area contributed by atoms with Gasteiger partial charge in [-0.2, -0.15) is 4.98 Å². The minimum absolute atomic E-state index is 0. The number of Topliss-reactive ketones (excluding diaryl/α,β-unsaturated/α-hetero) is 1. The summed E-state index contributed by atoms with van der Waals surface area (Å²) in [6.07, 6.45) is -0.103. The fraction of sp³-hybridized carbons (Fsp3) is 0.462. The lowest BCUT2D eigenvalue weighted by Crippen LogP contribution is -2.10. The van der Waals surface area contributed by atoms with Crippen LogP contribution in [0.3, 0.4) is 0 Å². The van der Waals surface area contributed by atoms with E-state index >= 15 is 0 Å². The van der Waals surface area contributed by atoms with Crippen molar-refractivity contribution >= 4 is 30.0 Å². The normalized spacial score (nSPS) is 8.48. The van der Waals surface area contributed by atoms with Gasteiger partial charge in [0.15, 0.2) is 0 Å². The van der Waals surface area contributed by atoms with E-state index < -0.39 is 36.6 Å². The summed E-state index contributed by atoms with van der Waals surface area (Å²) in [5.74, 6) is -1.63. The molecule has 0 bridgehead atoms. The first-order chi connectivity index (χ1) is 11.2. The van der Waals surface area contributed by atoms with E-state index in [0.29, 0.717) is 6.61 Å². The highest BCUT2D eigenvalue weighted by Crippen LogP contribution is 1.98. The summed E-state index contributed by atoms with van der Waals surface area (Å²) in [5, 5.41) is 14.8. The molecule has 5 N–H and O–H groups in total. The SMILES string of the molecule is CCOC(=O)CC(C)=O.Cl.N=C(N)CF.O=c1cc(O)nc(CF)[nH]1. The number of aromatic nitrogens is 2. The summed E-state index contributed by atoms with van der Waals surface area (Å²) < 4.78 is 27.0. The fourth-order valence-electron chi connectivity index (χ4n) is 0.973. The third kappa shape index (κ3) is 19.4. The molecule has 0 aliphatic rings. The number of halogens is 3. The first-order valence-electron chi connectivity index (χ1n) is 6.55. The minimum Gasteiger partial charge on any atom is -0.493 e. The second-order valence-corrected chi connectivity index (χ2v) is 4.03. The first-order valence-corrected chi connectivity index (χ1v) is 6.55. The van der Waals surface area contributed by atoms with E-state index in [1.54, 1.807) is 6.92 Å². The molecule has 0 unspecified atom stereocenters. The zero-order valence-corrected chi connectivity index (χ0v) is 14.5. The molecule has 0 saturated heterocycles. The van der Waals surface area contributed by atoms with Crippen LogP contribution in [0.2, 0.25) is 0 Å². The molecular weight excluding hydrogens is 366 g/mol. The topological polar surface area (TPSA) is 159 Å². The molecule has 0 radical (unpaired) electrons. The molecule has 25 heavy (non-hydrogen) atoms. The molecule has 0 saturated carbocycles. The number of carbonyl (C=O) groups excluding carboxylic acids is 2. The van der Waals surface area contributed by atoms with Gasteiger partial charge in [0, 0.05) is 0 Å². The van der Waals surface area contributed by atoms with E-state index in [-0.39, 0.29) is 30.4 Å². The molecule has 12 heteroatoms. The van der Waals surface area contributed by atoms with Crippen LogP contribution < -0.4 is 11.3 Å². The maximum Gasteiger partial charge on any atom is 0.313 e. The molecule has 0 fully saturated rings. The quantitative estimate of drug-likeness (QED) is 0.252. The number of nitrogens with zero attached hydrogens (tertiary/aromatic N) is 1. The molecule has 1 rings (SSSR count). The second kappa shape index (κ2) is 16.3. The standard InChI is InChI=1S/C6H10O3.C5H5FN2O2.C2H5FN2.ClH/c1-3-9-6(8)4-5(2)7;6-2-3-7-4(9)1-5(10)8-3;3-1-2(4)5;/h3-4H2,1-2H3;1H,2H2,(H2,7,8,9,10);1H2,(H3,4,5);1H.